The van der Waals surface area contributed by atoms with Crippen LogP contribution in [0, 0.1) is 0 Å². The Morgan fingerprint density at radius 3 is 1.71 bits per heavy atom. The van der Waals surface area contributed by atoms with Crippen molar-refractivity contribution in [3.05, 3.63) is 96.6 Å². The highest BCUT2D eigenvalue weighted by Crippen LogP contribution is 2.36. The van der Waals surface area contributed by atoms with Gasteiger partial charge in [0, 0.05) is 41.3 Å². The van der Waals surface area contributed by atoms with Crippen molar-refractivity contribution in [1.29, 1.82) is 0 Å². The molecular weight excluding hydrogens is 729 g/mol. The van der Waals surface area contributed by atoms with Crippen LogP contribution >= 0.6 is 0 Å². The minimum absolute atomic E-state index is 0.0385. The highest BCUT2D eigenvalue weighted by atomic mass is 19.4. The van der Waals surface area contributed by atoms with Gasteiger partial charge in [-0.3, -0.25) is 4.79 Å². The molecule has 0 radical (unpaired) electrons. The lowest BCUT2D eigenvalue weighted by atomic mass is 10.1. The number of nitrogens with zero attached hydrogens (tertiary/aromatic N) is 8. The molecule has 56 heavy (non-hydrogen) atoms. The lowest BCUT2D eigenvalue weighted by Gasteiger charge is -2.10. The van der Waals surface area contributed by atoms with Gasteiger partial charge in [-0.05, 0) is 55.3 Å². The normalized spacial score (nSPS) is 16.9. The van der Waals surface area contributed by atoms with Crippen molar-refractivity contribution >= 4 is 51.0 Å². The number of nitrogen functional groups attached to an aromatic ring is 3. The SMILES string of the molecule is Nc1ccc(-c2nn([C@H]3CCOC3)c3ncnc(N)c23)cc1.Nc1ncnc2c1c(-c1ccc(NC(=O)c3cccc(C(F)(F)F)c3)cc1)nn2[C@H]1CCOC1. The van der Waals surface area contributed by atoms with E-state index in [9.17, 15) is 18.0 Å². The van der Waals surface area contributed by atoms with Gasteiger partial charge >= 0.3 is 6.18 Å². The number of halogens is 3. The number of fused-ring (bicyclic) bond motifs is 2. The smallest absolute Gasteiger partial charge is 0.399 e. The number of hydrogen-bond acceptors (Lipinski definition) is 12. The van der Waals surface area contributed by atoms with E-state index in [4.69, 9.17) is 36.9 Å². The molecule has 2 saturated heterocycles. The molecule has 18 heteroatoms. The Morgan fingerprint density at radius 1 is 0.714 bits per heavy atom. The van der Waals surface area contributed by atoms with E-state index in [0.717, 1.165) is 59.4 Å². The number of aromatic nitrogens is 8. The molecule has 0 bridgehead atoms. The minimum Gasteiger partial charge on any atom is -0.399 e. The summed E-state index contributed by atoms with van der Waals surface area (Å²) in [5, 5.41) is 13.5. The number of nitrogens with two attached hydrogens (primary N) is 3. The zero-order valence-corrected chi connectivity index (χ0v) is 29.6. The lowest BCUT2D eigenvalue weighted by molar-refractivity contribution is -0.137. The Kier molecular flexibility index (Phi) is 9.65. The maximum Gasteiger partial charge on any atom is 0.416 e. The third kappa shape index (κ3) is 7.14. The summed E-state index contributed by atoms with van der Waals surface area (Å²) >= 11 is 0. The van der Waals surface area contributed by atoms with Gasteiger partial charge in [0.05, 0.1) is 41.6 Å². The molecule has 7 N–H and O–H groups in total. The molecule has 0 aliphatic carbocycles. The molecule has 4 aromatic heterocycles. The van der Waals surface area contributed by atoms with E-state index in [0.29, 0.717) is 59.6 Å². The van der Waals surface area contributed by atoms with E-state index < -0.39 is 17.6 Å². The van der Waals surface area contributed by atoms with Gasteiger partial charge in [0.2, 0.25) is 0 Å². The van der Waals surface area contributed by atoms with E-state index in [1.54, 1.807) is 28.9 Å². The number of amides is 1. The van der Waals surface area contributed by atoms with Crippen LogP contribution < -0.4 is 22.5 Å². The molecular formula is C38H35F3N12O3. The highest BCUT2D eigenvalue weighted by molar-refractivity contribution is 6.05. The quantitative estimate of drug-likeness (QED) is 0.145. The van der Waals surface area contributed by atoms with Gasteiger partial charge in [0.1, 0.15) is 35.7 Å². The van der Waals surface area contributed by atoms with Crippen LogP contribution in [-0.2, 0) is 15.7 Å². The first-order chi connectivity index (χ1) is 27.0. The van der Waals surface area contributed by atoms with Crippen molar-refractivity contribution in [3.8, 4) is 22.5 Å². The molecule has 2 aliphatic heterocycles. The Balaban J connectivity index is 0.000000172. The van der Waals surface area contributed by atoms with Crippen LogP contribution in [0.3, 0.4) is 0 Å². The van der Waals surface area contributed by atoms with Crippen molar-refractivity contribution in [1.82, 2.24) is 39.5 Å². The van der Waals surface area contributed by atoms with Crippen LogP contribution in [0.5, 0.6) is 0 Å². The second-order valence-corrected chi connectivity index (χ2v) is 13.3. The number of rotatable bonds is 6. The Morgan fingerprint density at radius 2 is 1.23 bits per heavy atom. The van der Waals surface area contributed by atoms with Crippen LogP contribution in [0.15, 0.2) is 85.5 Å². The first-order valence-corrected chi connectivity index (χ1v) is 17.6. The number of nitrogens with one attached hydrogen (secondary N) is 1. The van der Waals surface area contributed by atoms with Crippen molar-refractivity contribution in [3.63, 3.8) is 0 Å². The molecule has 2 aliphatic rings. The molecule has 2 atom stereocenters. The summed E-state index contributed by atoms with van der Waals surface area (Å²) < 4.78 is 53.5. The molecule has 1 amide bonds. The third-order valence-electron chi connectivity index (χ3n) is 9.59. The van der Waals surface area contributed by atoms with Crippen LogP contribution in [0.4, 0.5) is 36.2 Å². The van der Waals surface area contributed by atoms with E-state index in [1.807, 2.05) is 28.9 Å². The number of anilines is 4. The number of carbonyl (C=O) groups is 1. The highest BCUT2D eigenvalue weighted by Gasteiger charge is 2.31. The van der Waals surface area contributed by atoms with Crippen molar-refractivity contribution < 1.29 is 27.4 Å². The summed E-state index contributed by atoms with van der Waals surface area (Å²) in [7, 11) is 0. The molecule has 2 fully saturated rings. The van der Waals surface area contributed by atoms with Gasteiger partial charge in [-0.25, -0.2) is 29.3 Å². The second kappa shape index (κ2) is 14.9. The lowest BCUT2D eigenvalue weighted by Crippen LogP contribution is -2.13. The summed E-state index contributed by atoms with van der Waals surface area (Å²) in [6.07, 6.45) is 0.0586. The predicted molar refractivity (Wildman–Crippen MR) is 203 cm³/mol. The van der Waals surface area contributed by atoms with Gasteiger partial charge < -0.3 is 32.0 Å². The van der Waals surface area contributed by atoms with Crippen molar-refractivity contribution in [2.45, 2.75) is 31.1 Å². The Labute approximate surface area is 316 Å². The summed E-state index contributed by atoms with van der Waals surface area (Å²) in [5.74, 6) is 0.0848. The molecule has 9 rings (SSSR count). The number of ether oxygens (including phenoxy) is 2. The van der Waals surface area contributed by atoms with Gasteiger partial charge in [0.25, 0.3) is 5.91 Å². The fourth-order valence-electron chi connectivity index (χ4n) is 6.73. The number of benzene rings is 3. The van der Waals surface area contributed by atoms with Crippen LogP contribution in [0.25, 0.3) is 44.6 Å². The topological polar surface area (TPSA) is 213 Å². The van der Waals surface area contributed by atoms with Crippen LogP contribution in [0.1, 0.15) is 40.8 Å². The molecule has 6 heterocycles. The summed E-state index contributed by atoms with van der Waals surface area (Å²) in [6.45, 7) is 2.55. The van der Waals surface area contributed by atoms with Crippen molar-refractivity contribution in [2.75, 3.05) is 48.9 Å². The van der Waals surface area contributed by atoms with Gasteiger partial charge in [-0.1, -0.05) is 30.3 Å². The first kappa shape index (κ1) is 36.3. The van der Waals surface area contributed by atoms with E-state index in [-0.39, 0.29) is 17.6 Å². The average molecular weight is 765 g/mol. The number of carbonyl (C=O) groups excluding carboxylic acids is 1. The van der Waals surface area contributed by atoms with Gasteiger partial charge in [-0.15, -0.1) is 0 Å². The van der Waals surface area contributed by atoms with E-state index in [1.165, 1.54) is 24.8 Å². The molecule has 286 valence electrons. The number of alkyl halides is 3. The van der Waals surface area contributed by atoms with E-state index in [2.05, 4.69) is 25.3 Å². The first-order valence-electron chi connectivity index (χ1n) is 17.6. The second-order valence-electron chi connectivity index (χ2n) is 13.3. The molecule has 7 aromatic rings. The molecule has 0 unspecified atom stereocenters. The maximum atomic E-state index is 12.9. The summed E-state index contributed by atoms with van der Waals surface area (Å²) in [6, 6.07) is 18.8. The van der Waals surface area contributed by atoms with Gasteiger partial charge in [-0.2, -0.15) is 23.4 Å². The van der Waals surface area contributed by atoms with Crippen LogP contribution in [-0.4, -0.2) is 71.8 Å². The molecule has 0 spiro atoms. The average Bonchev–Trinajstić information content (AvgIpc) is 4.03. The van der Waals surface area contributed by atoms with Gasteiger partial charge in [0.15, 0.2) is 11.3 Å². The van der Waals surface area contributed by atoms with Crippen LogP contribution in [0.2, 0.25) is 0 Å². The minimum atomic E-state index is -4.53. The Hall–Kier alpha value is -6.66. The summed E-state index contributed by atoms with van der Waals surface area (Å²) in [5.41, 5.74) is 22.5. The zero-order chi connectivity index (χ0) is 39.0. The fraction of sp³-hybridized carbons (Fsp3) is 0.237. The standard InChI is InChI=1S/C23H19F3N6O2.C15H16N6O/c24-23(25,26)15-3-1-2-14(10-15)22(33)30-16-6-4-13(5-7-16)19-18-20(27)28-12-29-21(18)32(31-19)17-8-9-34-11-17;16-10-3-1-9(2-4-10)13-12-14(17)18-8-19-15(12)21(20-13)11-5-6-22-7-11/h1-7,10,12,17H,8-9,11H2,(H,30,33)(H2,27,28,29);1-4,8,11H,5-7,16H2,(H2,17,18,19)/t17-;11-/m00/s1. The summed E-state index contributed by atoms with van der Waals surface area (Å²) in [4.78, 5) is 29.4. The zero-order valence-electron chi connectivity index (χ0n) is 29.6. The third-order valence-corrected chi connectivity index (χ3v) is 9.59. The largest absolute Gasteiger partial charge is 0.416 e. The Bertz CT molecular complexity index is 2530. The predicted octanol–water partition coefficient (Wildman–Crippen LogP) is 5.93. The molecule has 15 nitrogen and oxygen atoms in total. The maximum absolute atomic E-state index is 12.9. The monoisotopic (exact) mass is 764 g/mol. The van der Waals surface area contributed by atoms with Crippen molar-refractivity contribution in [2.24, 2.45) is 0 Å². The fourth-order valence-corrected chi connectivity index (χ4v) is 6.73. The van der Waals surface area contributed by atoms with E-state index >= 15 is 0 Å². The molecule has 3 aromatic carbocycles. The molecule has 0 saturated carbocycles. The number of hydrogen-bond donors (Lipinski definition) is 4.